The first-order valence-corrected chi connectivity index (χ1v) is 6.48. The van der Waals surface area contributed by atoms with E-state index in [1.807, 2.05) is 6.07 Å². The molecule has 17 heavy (non-hydrogen) atoms. The minimum atomic E-state index is 0.260. The third kappa shape index (κ3) is 4.84. The standard InChI is InChI=1S/C14H22N2S/c1-11(2)16(9-12(3)14(15)17)10-13-7-5-4-6-8-13/h4-8,11-12H,9-10H2,1-3H3,(H2,15,17). The quantitative estimate of drug-likeness (QED) is 0.787. The Morgan fingerprint density at radius 2 is 1.82 bits per heavy atom. The van der Waals surface area contributed by atoms with E-state index in [-0.39, 0.29) is 5.92 Å². The highest BCUT2D eigenvalue weighted by atomic mass is 32.1. The van der Waals surface area contributed by atoms with Gasteiger partial charge in [0.1, 0.15) is 0 Å². The van der Waals surface area contributed by atoms with Crippen LogP contribution in [-0.4, -0.2) is 22.5 Å². The van der Waals surface area contributed by atoms with Gasteiger partial charge in [0.25, 0.3) is 0 Å². The van der Waals surface area contributed by atoms with Gasteiger partial charge in [-0.2, -0.15) is 0 Å². The molecule has 1 atom stereocenters. The molecule has 0 aliphatic heterocycles. The van der Waals surface area contributed by atoms with Crippen LogP contribution in [0.1, 0.15) is 26.3 Å². The molecule has 1 aromatic rings. The van der Waals surface area contributed by atoms with Crippen LogP contribution >= 0.6 is 12.2 Å². The summed E-state index contributed by atoms with van der Waals surface area (Å²) in [5.41, 5.74) is 7.01. The van der Waals surface area contributed by atoms with E-state index in [2.05, 4.69) is 49.9 Å². The summed E-state index contributed by atoms with van der Waals surface area (Å²) in [7, 11) is 0. The lowest BCUT2D eigenvalue weighted by Crippen LogP contribution is -2.37. The van der Waals surface area contributed by atoms with Crippen LogP contribution in [-0.2, 0) is 6.54 Å². The highest BCUT2D eigenvalue weighted by Gasteiger charge is 2.15. The minimum Gasteiger partial charge on any atom is -0.393 e. The Labute approximate surface area is 110 Å². The van der Waals surface area contributed by atoms with Crippen molar-refractivity contribution in [1.29, 1.82) is 0 Å². The summed E-state index contributed by atoms with van der Waals surface area (Å²) in [6, 6.07) is 11.0. The maximum Gasteiger partial charge on any atom is 0.0768 e. The zero-order chi connectivity index (χ0) is 12.8. The first-order chi connectivity index (χ1) is 8.00. The van der Waals surface area contributed by atoms with Crippen molar-refractivity contribution in [3.8, 4) is 0 Å². The molecule has 1 unspecified atom stereocenters. The van der Waals surface area contributed by atoms with E-state index in [4.69, 9.17) is 18.0 Å². The number of nitrogens with zero attached hydrogens (tertiary/aromatic N) is 1. The zero-order valence-electron chi connectivity index (χ0n) is 10.9. The molecular formula is C14H22N2S. The number of hydrogen-bond donors (Lipinski definition) is 1. The fraction of sp³-hybridized carbons (Fsp3) is 0.500. The zero-order valence-corrected chi connectivity index (χ0v) is 11.7. The maximum absolute atomic E-state index is 5.68. The highest BCUT2D eigenvalue weighted by Crippen LogP contribution is 2.11. The lowest BCUT2D eigenvalue weighted by molar-refractivity contribution is 0.201. The molecule has 0 amide bonds. The predicted octanol–water partition coefficient (Wildman–Crippen LogP) is 2.82. The minimum absolute atomic E-state index is 0.260. The Kier molecular flexibility index (Phi) is 5.59. The van der Waals surface area contributed by atoms with Crippen LogP contribution in [0.2, 0.25) is 0 Å². The topological polar surface area (TPSA) is 29.3 Å². The fourth-order valence-corrected chi connectivity index (χ4v) is 1.79. The molecule has 0 aliphatic rings. The highest BCUT2D eigenvalue weighted by molar-refractivity contribution is 7.80. The van der Waals surface area contributed by atoms with Crippen LogP contribution in [0.15, 0.2) is 30.3 Å². The molecule has 0 fully saturated rings. The van der Waals surface area contributed by atoms with Crippen molar-refractivity contribution in [2.24, 2.45) is 11.7 Å². The Hall–Kier alpha value is -0.930. The average molecular weight is 250 g/mol. The molecule has 0 bridgehead atoms. The Morgan fingerprint density at radius 1 is 1.24 bits per heavy atom. The molecule has 94 valence electrons. The summed E-state index contributed by atoms with van der Waals surface area (Å²) in [6.07, 6.45) is 0. The van der Waals surface area contributed by atoms with Gasteiger partial charge in [0.2, 0.25) is 0 Å². The van der Waals surface area contributed by atoms with Crippen molar-refractivity contribution >= 4 is 17.2 Å². The fourth-order valence-electron chi connectivity index (χ4n) is 1.72. The van der Waals surface area contributed by atoms with Gasteiger partial charge >= 0.3 is 0 Å². The molecule has 1 rings (SSSR count). The molecule has 0 aromatic heterocycles. The summed E-state index contributed by atoms with van der Waals surface area (Å²) < 4.78 is 0. The Balaban J connectivity index is 2.64. The molecule has 0 radical (unpaired) electrons. The first-order valence-electron chi connectivity index (χ1n) is 6.08. The van der Waals surface area contributed by atoms with Crippen molar-refractivity contribution < 1.29 is 0 Å². The lowest BCUT2D eigenvalue weighted by Gasteiger charge is -2.29. The van der Waals surface area contributed by atoms with E-state index >= 15 is 0 Å². The molecule has 2 nitrogen and oxygen atoms in total. The molecule has 1 aromatic carbocycles. The third-order valence-corrected chi connectivity index (χ3v) is 3.36. The molecule has 0 heterocycles. The SMILES string of the molecule is CC(CN(Cc1ccccc1)C(C)C)C(N)=S. The van der Waals surface area contributed by atoms with Gasteiger partial charge in [-0.15, -0.1) is 0 Å². The van der Waals surface area contributed by atoms with Gasteiger partial charge < -0.3 is 5.73 Å². The van der Waals surface area contributed by atoms with Gasteiger partial charge in [0.05, 0.1) is 4.99 Å². The van der Waals surface area contributed by atoms with Gasteiger partial charge in [-0.3, -0.25) is 4.90 Å². The monoisotopic (exact) mass is 250 g/mol. The van der Waals surface area contributed by atoms with Crippen LogP contribution in [0, 0.1) is 5.92 Å². The van der Waals surface area contributed by atoms with Crippen LogP contribution in [0.3, 0.4) is 0 Å². The number of rotatable bonds is 6. The van der Waals surface area contributed by atoms with E-state index in [0.29, 0.717) is 11.0 Å². The lowest BCUT2D eigenvalue weighted by atomic mass is 10.1. The van der Waals surface area contributed by atoms with Crippen LogP contribution in [0.25, 0.3) is 0 Å². The molecular weight excluding hydrogens is 228 g/mol. The second-order valence-electron chi connectivity index (χ2n) is 4.81. The van der Waals surface area contributed by atoms with Gasteiger partial charge in [0, 0.05) is 25.0 Å². The summed E-state index contributed by atoms with van der Waals surface area (Å²) >= 11 is 5.04. The summed E-state index contributed by atoms with van der Waals surface area (Å²) in [4.78, 5) is 3.00. The smallest absolute Gasteiger partial charge is 0.0768 e. The van der Waals surface area contributed by atoms with Crippen molar-refractivity contribution in [3.63, 3.8) is 0 Å². The van der Waals surface area contributed by atoms with E-state index in [0.717, 1.165) is 13.1 Å². The Bertz CT molecular complexity index is 348. The first kappa shape index (κ1) is 14.1. The molecule has 2 N–H and O–H groups in total. The largest absolute Gasteiger partial charge is 0.393 e. The number of benzene rings is 1. The number of nitrogens with two attached hydrogens (primary N) is 1. The maximum atomic E-state index is 5.68. The summed E-state index contributed by atoms with van der Waals surface area (Å²) in [5.74, 6) is 0.260. The number of thiocarbonyl (C=S) groups is 1. The van der Waals surface area contributed by atoms with Crippen LogP contribution < -0.4 is 5.73 Å². The summed E-state index contributed by atoms with van der Waals surface area (Å²) in [5, 5.41) is 0. The molecule has 0 aliphatic carbocycles. The molecule has 3 heteroatoms. The average Bonchev–Trinajstić information content (AvgIpc) is 2.29. The van der Waals surface area contributed by atoms with Gasteiger partial charge in [-0.05, 0) is 19.4 Å². The van der Waals surface area contributed by atoms with Gasteiger partial charge in [0.15, 0.2) is 0 Å². The third-order valence-electron chi connectivity index (χ3n) is 2.95. The van der Waals surface area contributed by atoms with E-state index in [1.54, 1.807) is 0 Å². The Morgan fingerprint density at radius 3 is 2.29 bits per heavy atom. The van der Waals surface area contributed by atoms with Gasteiger partial charge in [-0.25, -0.2) is 0 Å². The van der Waals surface area contributed by atoms with Crippen molar-refractivity contribution in [1.82, 2.24) is 4.90 Å². The van der Waals surface area contributed by atoms with Crippen molar-refractivity contribution in [2.75, 3.05) is 6.54 Å². The molecule has 0 saturated carbocycles. The van der Waals surface area contributed by atoms with E-state index in [9.17, 15) is 0 Å². The normalized spacial score (nSPS) is 13.0. The molecule has 0 spiro atoms. The van der Waals surface area contributed by atoms with Crippen LogP contribution in [0.5, 0.6) is 0 Å². The second-order valence-corrected chi connectivity index (χ2v) is 5.28. The van der Waals surface area contributed by atoms with Gasteiger partial charge in [-0.1, -0.05) is 49.5 Å². The van der Waals surface area contributed by atoms with E-state index in [1.165, 1.54) is 5.56 Å². The summed E-state index contributed by atoms with van der Waals surface area (Å²) in [6.45, 7) is 8.36. The number of hydrogen-bond acceptors (Lipinski definition) is 2. The molecule has 0 saturated heterocycles. The predicted molar refractivity (Wildman–Crippen MR) is 77.9 cm³/mol. The van der Waals surface area contributed by atoms with Crippen molar-refractivity contribution in [3.05, 3.63) is 35.9 Å². The van der Waals surface area contributed by atoms with Crippen molar-refractivity contribution in [2.45, 2.75) is 33.4 Å². The van der Waals surface area contributed by atoms with E-state index < -0.39 is 0 Å². The van der Waals surface area contributed by atoms with Crippen LogP contribution in [0.4, 0.5) is 0 Å². The second kappa shape index (κ2) is 6.72.